The fourth-order valence-electron chi connectivity index (χ4n) is 3.18. The van der Waals surface area contributed by atoms with E-state index in [9.17, 15) is 9.59 Å². The van der Waals surface area contributed by atoms with Crippen molar-refractivity contribution >= 4 is 35.0 Å². The molecule has 3 rings (SSSR count). The maximum atomic E-state index is 12.2. The van der Waals surface area contributed by atoms with Crippen LogP contribution in [0.4, 0.5) is 0 Å². The van der Waals surface area contributed by atoms with Crippen LogP contribution in [-0.2, 0) is 9.59 Å². The molecular formula is C20H26N4O4S. The molecule has 0 atom stereocenters. The molecule has 1 aliphatic carbocycles. The van der Waals surface area contributed by atoms with Crippen LogP contribution in [-0.4, -0.2) is 48.2 Å². The van der Waals surface area contributed by atoms with Crippen LogP contribution in [0.3, 0.4) is 0 Å². The lowest BCUT2D eigenvalue weighted by Crippen LogP contribution is -2.39. The molecule has 0 spiro atoms. The summed E-state index contributed by atoms with van der Waals surface area (Å²) in [4.78, 5) is 23.3. The number of carbonyl (C=O) groups excluding carboxylic acids is 2. The Morgan fingerprint density at radius 1 is 1.28 bits per heavy atom. The number of amides is 2. The third-order valence-electron chi connectivity index (χ3n) is 4.54. The predicted octanol–water partition coefficient (Wildman–Crippen LogP) is 2.47. The summed E-state index contributed by atoms with van der Waals surface area (Å²) in [6, 6.07) is 5.59. The molecule has 8 nitrogen and oxygen atoms in total. The maximum Gasteiger partial charge on any atom is 0.258 e. The first kappa shape index (κ1) is 21.2. The lowest BCUT2D eigenvalue weighted by molar-refractivity contribution is -0.124. The minimum absolute atomic E-state index is 0.0470. The number of amidine groups is 1. The zero-order valence-corrected chi connectivity index (χ0v) is 17.3. The number of hydrogen-bond acceptors (Lipinski definition) is 7. The lowest BCUT2D eigenvalue weighted by Gasteiger charge is -2.22. The summed E-state index contributed by atoms with van der Waals surface area (Å²) in [5.74, 6) is 1.22. The Kier molecular flexibility index (Phi) is 7.92. The highest BCUT2D eigenvalue weighted by Gasteiger charge is 2.17. The largest absolute Gasteiger partial charge is 0.490 e. The molecule has 0 bridgehead atoms. The third-order valence-corrected chi connectivity index (χ3v) is 5.40. The molecule has 1 heterocycles. The number of ether oxygens (including phenoxy) is 2. The molecule has 9 heteroatoms. The summed E-state index contributed by atoms with van der Waals surface area (Å²) < 4.78 is 11.3. The molecule has 29 heavy (non-hydrogen) atoms. The molecule has 2 aliphatic rings. The summed E-state index contributed by atoms with van der Waals surface area (Å²) in [7, 11) is 0. The second-order valence-electron chi connectivity index (χ2n) is 6.82. The minimum Gasteiger partial charge on any atom is -0.490 e. The Balaban J connectivity index is 1.57. The van der Waals surface area contributed by atoms with E-state index in [2.05, 4.69) is 20.8 Å². The molecule has 156 valence electrons. The molecule has 0 aromatic heterocycles. The van der Waals surface area contributed by atoms with E-state index in [0.29, 0.717) is 29.0 Å². The Hall–Kier alpha value is -2.55. The number of thioether (sulfide) groups is 1. The first-order chi connectivity index (χ1) is 14.1. The first-order valence-electron chi connectivity index (χ1n) is 9.86. The van der Waals surface area contributed by atoms with Crippen molar-refractivity contribution in [2.24, 2.45) is 10.2 Å². The number of nitrogens with one attached hydrogen (secondary N) is 2. The van der Waals surface area contributed by atoms with E-state index in [1.807, 2.05) is 6.92 Å². The highest BCUT2D eigenvalue weighted by molar-refractivity contribution is 8.15. The van der Waals surface area contributed by atoms with Crippen LogP contribution in [0.15, 0.2) is 28.4 Å². The quantitative estimate of drug-likeness (QED) is 0.499. The van der Waals surface area contributed by atoms with Crippen LogP contribution in [0.2, 0.25) is 0 Å². The van der Waals surface area contributed by atoms with Crippen LogP contribution in [0.25, 0.3) is 0 Å². The Morgan fingerprint density at radius 3 is 2.83 bits per heavy atom. The Labute approximate surface area is 174 Å². The van der Waals surface area contributed by atoms with E-state index in [0.717, 1.165) is 18.4 Å². The second kappa shape index (κ2) is 10.8. The zero-order valence-electron chi connectivity index (χ0n) is 16.5. The van der Waals surface area contributed by atoms with Crippen LogP contribution < -0.4 is 20.1 Å². The number of benzene rings is 1. The van der Waals surface area contributed by atoms with Gasteiger partial charge in [-0.1, -0.05) is 31.0 Å². The molecule has 1 aliphatic heterocycles. The normalized spacial score (nSPS) is 18.8. The van der Waals surface area contributed by atoms with Gasteiger partial charge in [-0.3, -0.25) is 9.59 Å². The van der Waals surface area contributed by atoms with Gasteiger partial charge in [0.25, 0.3) is 5.91 Å². The summed E-state index contributed by atoms with van der Waals surface area (Å²) in [5, 5.41) is 14.1. The zero-order chi connectivity index (χ0) is 20.5. The van der Waals surface area contributed by atoms with Crippen LogP contribution >= 0.6 is 11.8 Å². The molecule has 1 saturated carbocycles. The van der Waals surface area contributed by atoms with E-state index in [-0.39, 0.29) is 24.5 Å². The molecule has 0 unspecified atom stereocenters. The number of nitrogens with zero attached hydrogens (tertiary/aromatic N) is 2. The van der Waals surface area contributed by atoms with Gasteiger partial charge in [-0.15, -0.1) is 5.10 Å². The molecular weight excluding hydrogens is 392 g/mol. The van der Waals surface area contributed by atoms with E-state index >= 15 is 0 Å². The topological polar surface area (TPSA) is 101 Å². The molecule has 2 amide bonds. The maximum absolute atomic E-state index is 12.2. The van der Waals surface area contributed by atoms with Gasteiger partial charge in [0, 0.05) is 6.04 Å². The van der Waals surface area contributed by atoms with E-state index in [4.69, 9.17) is 9.47 Å². The molecule has 2 fully saturated rings. The van der Waals surface area contributed by atoms with E-state index in [1.54, 1.807) is 24.4 Å². The summed E-state index contributed by atoms with van der Waals surface area (Å²) in [6.07, 6.45) is 7.23. The first-order valence-corrected chi connectivity index (χ1v) is 10.9. The van der Waals surface area contributed by atoms with Crippen molar-refractivity contribution in [3.05, 3.63) is 23.8 Å². The van der Waals surface area contributed by atoms with Crippen molar-refractivity contribution in [2.75, 3.05) is 19.0 Å². The average Bonchev–Trinajstić information content (AvgIpc) is 3.13. The van der Waals surface area contributed by atoms with Crippen LogP contribution in [0.1, 0.15) is 44.6 Å². The predicted molar refractivity (Wildman–Crippen MR) is 114 cm³/mol. The molecule has 1 saturated heterocycles. The fraction of sp³-hybridized carbons (Fsp3) is 0.500. The second-order valence-corrected chi connectivity index (χ2v) is 7.78. The molecule has 0 radical (unpaired) electrons. The van der Waals surface area contributed by atoms with Gasteiger partial charge in [-0.25, -0.2) is 0 Å². The summed E-state index contributed by atoms with van der Waals surface area (Å²) in [6.45, 7) is 2.30. The molecule has 1 aromatic rings. The van der Waals surface area contributed by atoms with Gasteiger partial charge in [-0.2, -0.15) is 5.10 Å². The average molecular weight is 419 g/mol. The van der Waals surface area contributed by atoms with E-state index in [1.165, 1.54) is 31.0 Å². The van der Waals surface area contributed by atoms with Gasteiger partial charge in [0.05, 0.1) is 18.6 Å². The monoisotopic (exact) mass is 418 g/mol. The highest BCUT2D eigenvalue weighted by Crippen LogP contribution is 2.28. The van der Waals surface area contributed by atoms with Crippen molar-refractivity contribution in [3.8, 4) is 11.5 Å². The van der Waals surface area contributed by atoms with Crippen molar-refractivity contribution in [1.82, 2.24) is 10.6 Å². The van der Waals surface area contributed by atoms with Gasteiger partial charge in [-0.05, 0) is 43.5 Å². The Morgan fingerprint density at radius 2 is 2.10 bits per heavy atom. The van der Waals surface area contributed by atoms with Crippen molar-refractivity contribution in [3.63, 3.8) is 0 Å². The van der Waals surface area contributed by atoms with Gasteiger partial charge >= 0.3 is 0 Å². The van der Waals surface area contributed by atoms with Gasteiger partial charge in [0.1, 0.15) is 0 Å². The van der Waals surface area contributed by atoms with Crippen molar-refractivity contribution < 1.29 is 19.1 Å². The lowest BCUT2D eigenvalue weighted by atomic mass is 9.95. The Bertz CT molecular complexity index is 791. The standard InChI is InChI=1S/C20H26N4O4S/c1-2-27-17-10-14(11-21-24-20-23-19(26)13-29-20)8-9-16(17)28-12-18(25)22-15-6-4-3-5-7-15/h8-11,15H,2-7,12-13H2,1H3,(H,22,25)(H,23,24,26). The fourth-order valence-corrected chi connectivity index (χ4v) is 3.81. The van der Waals surface area contributed by atoms with Crippen LogP contribution in [0, 0.1) is 0 Å². The number of carbonyl (C=O) groups is 2. The molecule has 2 N–H and O–H groups in total. The third kappa shape index (κ3) is 6.77. The molecule has 1 aromatic carbocycles. The van der Waals surface area contributed by atoms with Gasteiger partial charge in [0.2, 0.25) is 5.91 Å². The SMILES string of the molecule is CCOc1cc(C=NN=C2NC(=O)CS2)ccc1OCC(=O)NC1CCCCC1. The van der Waals surface area contributed by atoms with Gasteiger partial charge in [0.15, 0.2) is 23.3 Å². The van der Waals surface area contributed by atoms with Crippen molar-refractivity contribution in [1.29, 1.82) is 0 Å². The number of hydrogen-bond donors (Lipinski definition) is 2. The number of rotatable bonds is 8. The highest BCUT2D eigenvalue weighted by atomic mass is 32.2. The smallest absolute Gasteiger partial charge is 0.258 e. The minimum atomic E-state index is -0.114. The summed E-state index contributed by atoms with van der Waals surface area (Å²) in [5.41, 5.74) is 0.770. The summed E-state index contributed by atoms with van der Waals surface area (Å²) >= 11 is 1.31. The van der Waals surface area contributed by atoms with Crippen molar-refractivity contribution in [2.45, 2.75) is 45.1 Å². The van der Waals surface area contributed by atoms with Gasteiger partial charge < -0.3 is 20.1 Å². The van der Waals surface area contributed by atoms with E-state index < -0.39 is 0 Å². The van der Waals surface area contributed by atoms with Crippen LogP contribution in [0.5, 0.6) is 11.5 Å².